The van der Waals surface area contributed by atoms with Crippen molar-refractivity contribution in [3.8, 4) is 17.6 Å². The summed E-state index contributed by atoms with van der Waals surface area (Å²) < 4.78 is 10.6. The molecule has 0 radical (unpaired) electrons. The molecule has 126 valence electrons. The highest BCUT2D eigenvalue weighted by Crippen LogP contribution is 2.41. The zero-order valence-corrected chi connectivity index (χ0v) is 14.8. The Bertz CT molecular complexity index is 885. The van der Waals surface area contributed by atoms with Gasteiger partial charge in [0.1, 0.15) is 17.0 Å². The van der Waals surface area contributed by atoms with Crippen molar-refractivity contribution in [1.82, 2.24) is 4.98 Å². The fourth-order valence-electron chi connectivity index (χ4n) is 2.35. The minimum atomic E-state index is -0.601. The summed E-state index contributed by atoms with van der Waals surface area (Å²) in [6.07, 6.45) is 3.36. The second-order valence-corrected chi connectivity index (χ2v) is 7.01. The number of ketones is 1. The van der Waals surface area contributed by atoms with Gasteiger partial charge in [0.15, 0.2) is 23.9 Å². The minimum Gasteiger partial charge on any atom is -0.493 e. The first-order valence-electron chi connectivity index (χ1n) is 7.23. The molecule has 1 aliphatic rings. The highest BCUT2D eigenvalue weighted by Gasteiger charge is 2.38. The molecule has 0 saturated carbocycles. The molecule has 0 spiro atoms. The number of carbonyl (C=O) groups is 1. The number of carbonyl (C=O) groups excluding carboxylic acids is 1. The van der Waals surface area contributed by atoms with Crippen LogP contribution in [0.5, 0.6) is 11.5 Å². The maximum Gasteiger partial charge on any atom is 0.186 e. The van der Waals surface area contributed by atoms with Crippen molar-refractivity contribution in [2.75, 3.05) is 13.7 Å². The summed E-state index contributed by atoms with van der Waals surface area (Å²) >= 11 is 2.53. The first-order valence-corrected chi connectivity index (χ1v) is 8.93. The van der Waals surface area contributed by atoms with Crippen LogP contribution in [0.4, 0.5) is 0 Å². The Balaban J connectivity index is 1.87. The van der Waals surface area contributed by atoms with E-state index in [0.29, 0.717) is 21.4 Å². The summed E-state index contributed by atoms with van der Waals surface area (Å²) in [6.45, 7) is -0.0716. The van der Waals surface area contributed by atoms with Crippen molar-refractivity contribution in [1.29, 1.82) is 10.7 Å². The van der Waals surface area contributed by atoms with Crippen LogP contribution in [-0.2, 0) is 4.79 Å². The zero-order valence-electron chi connectivity index (χ0n) is 13.2. The molecular weight excluding hydrogens is 358 g/mol. The van der Waals surface area contributed by atoms with E-state index in [0.717, 1.165) is 17.3 Å². The van der Waals surface area contributed by atoms with Crippen LogP contribution in [0.3, 0.4) is 0 Å². The van der Waals surface area contributed by atoms with Crippen LogP contribution in [-0.4, -0.2) is 29.5 Å². The molecule has 0 amide bonds. The third kappa shape index (κ3) is 3.57. The maximum atomic E-state index is 12.6. The molecule has 0 aliphatic carbocycles. The van der Waals surface area contributed by atoms with Crippen LogP contribution in [0.2, 0.25) is 0 Å². The van der Waals surface area contributed by atoms with Crippen LogP contribution in [0.25, 0.3) is 6.08 Å². The predicted octanol–water partition coefficient (Wildman–Crippen LogP) is 3.47. The summed E-state index contributed by atoms with van der Waals surface area (Å²) in [5.74, 6) is 0.224. The van der Waals surface area contributed by atoms with Gasteiger partial charge < -0.3 is 9.47 Å². The second-order valence-electron chi connectivity index (χ2n) is 5.00. The van der Waals surface area contributed by atoms with Crippen molar-refractivity contribution < 1.29 is 14.3 Å². The number of allylic oxidation sites excluding steroid dienone is 1. The first-order chi connectivity index (χ1) is 12.1. The lowest BCUT2D eigenvalue weighted by Crippen LogP contribution is -2.11. The summed E-state index contributed by atoms with van der Waals surface area (Å²) in [7, 11) is 1.51. The van der Waals surface area contributed by atoms with E-state index >= 15 is 0 Å². The summed E-state index contributed by atoms with van der Waals surface area (Å²) in [5.41, 5.74) is 0.754. The van der Waals surface area contributed by atoms with Gasteiger partial charge in [0.2, 0.25) is 0 Å². The molecule has 1 aliphatic heterocycles. The number of aromatic nitrogens is 1. The van der Waals surface area contributed by atoms with E-state index in [4.69, 9.17) is 20.1 Å². The summed E-state index contributed by atoms with van der Waals surface area (Å²) in [6, 6.07) is 7.10. The number of nitriles is 1. The lowest BCUT2D eigenvalue weighted by Gasteiger charge is -2.09. The molecule has 0 unspecified atom stereocenters. The Labute approximate surface area is 152 Å². The third-order valence-corrected chi connectivity index (χ3v) is 5.30. The standard InChI is InChI=1S/C17H13N3O3S2/c1-22-12-8-10(2-3-11(12)23-6-4-18)9-13-15(21)14(16(19)25-13)17-20-5-7-24-17/h2-3,5,7-9,14,19H,6H2,1H3/b13-9-,19-16?/t14-/m1/s1. The monoisotopic (exact) mass is 371 g/mol. The Morgan fingerprint density at radius 1 is 1.44 bits per heavy atom. The van der Waals surface area contributed by atoms with Crippen LogP contribution >= 0.6 is 23.1 Å². The van der Waals surface area contributed by atoms with Crippen molar-refractivity contribution >= 4 is 40.0 Å². The number of hydrogen-bond acceptors (Lipinski definition) is 8. The smallest absolute Gasteiger partial charge is 0.186 e. The van der Waals surface area contributed by atoms with Gasteiger partial charge in [-0.25, -0.2) is 4.98 Å². The van der Waals surface area contributed by atoms with Gasteiger partial charge in [-0.1, -0.05) is 17.8 Å². The molecule has 8 heteroatoms. The van der Waals surface area contributed by atoms with Crippen molar-refractivity contribution in [2.45, 2.75) is 5.92 Å². The fraction of sp³-hybridized carbons (Fsp3) is 0.176. The molecule has 1 saturated heterocycles. The average Bonchev–Trinajstić information content (AvgIpc) is 3.22. The quantitative estimate of drug-likeness (QED) is 0.809. The Morgan fingerprint density at radius 2 is 2.28 bits per heavy atom. The van der Waals surface area contributed by atoms with Gasteiger partial charge in [0.25, 0.3) is 0 Å². The maximum absolute atomic E-state index is 12.6. The van der Waals surface area contributed by atoms with E-state index in [1.807, 2.05) is 6.07 Å². The van der Waals surface area contributed by atoms with E-state index in [-0.39, 0.29) is 17.4 Å². The molecule has 1 aromatic heterocycles. The molecule has 1 aromatic carbocycles. The molecule has 1 fully saturated rings. The van der Waals surface area contributed by atoms with E-state index in [1.165, 1.54) is 18.4 Å². The third-order valence-electron chi connectivity index (χ3n) is 3.46. The number of nitrogens with zero attached hydrogens (tertiary/aromatic N) is 2. The Hall–Kier alpha value is -2.63. The number of thiazole rings is 1. The van der Waals surface area contributed by atoms with Gasteiger partial charge in [-0.05, 0) is 23.8 Å². The lowest BCUT2D eigenvalue weighted by molar-refractivity contribution is -0.114. The molecular formula is C17H13N3O3S2. The van der Waals surface area contributed by atoms with Crippen molar-refractivity contribution in [3.05, 3.63) is 45.3 Å². The number of ether oxygens (including phenoxy) is 2. The van der Waals surface area contributed by atoms with Crippen molar-refractivity contribution in [2.24, 2.45) is 0 Å². The molecule has 0 bridgehead atoms. The van der Waals surface area contributed by atoms with Gasteiger partial charge in [-0.3, -0.25) is 10.2 Å². The zero-order chi connectivity index (χ0) is 17.8. The fourth-order valence-corrected chi connectivity index (χ4v) is 4.15. The lowest BCUT2D eigenvalue weighted by atomic mass is 10.0. The average molecular weight is 371 g/mol. The van der Waals surface area contributed by atoms with E-state index < -0.39 is 5.92 Å². The molecule has 1 atom stereocenters. The second kappa shape index (κ2) is 7.51. The highest BCUT2D eigenvalue weighted by atomic mass is 32.2. The van der Waals surface area contributed by atoms with Gasteiger partial charge in [-0.2, -0.15) is 5.26 Å². The van der Waals surface area contributed by atoms with Crippen LogP contribution in [0, 0.1) is 16.7 Å². The molecule has 2 heterocycles. The number of rotatable bonds is 5. The largest absolute Gasteiger partial charge is 0.493 e. The van der Waals surface area contributed by atoms with E-state index in [1.54, 1.807) is 35.9 Å². The number of Topliss-reactive ketones (excluding diaryl/α,β-unsaturated/α-hetero) is 1. The van der Waals surface area contributed by atoms with Gasteiger partial charge in [0, 0.05) is 11.6 Å². The van der Waals surface area contributed by atoms with E-state index in [2.05, 4.69) is 4.98 Å². The Morgan fingerprint density at radius 3 is 2.96 bits per heavy atom. The topological polar surface area (TPSA) is 96.1 Å². The first kappa shape index (κ1) is 17.2. The summed E-state index contributed by atoms with van der Waals surface area (Å²) in [5, 5.41) is 19.4. The molecule has 3 rings (SSSR count). The number of thioether (sulfide) groups is 1. The molecule has 6 nitrogen and oxygen atoms in total. The molecule has 2 aromatic rings. The number of nitrogens with one attached hydrogen (secondary N) is 1. The van der Waals surface area contributed by atoms with Gasteiger partial charge >= 0.3 is 0 Å². The normalized spacial score (nSPS) is 18.4. The van der Waals surface area contributed by atoms with Crippen LogP contribution in [0.1, 0.15) is 16.5 Å². The molecule has 1 N–H and O–H groups in total. The number of hydrogen-bond donors (Lipinski definition) is 1. The van der Waals surface area contributed by atoms with Crippen LogP contribution < -0.4 is 9.47 Å². The highest BCUT2D eigenvalue weighted by molar-refractivity contribution is 8.19. The van der Waals surface area contributed by atoms with E-state index in [9.17, 15) is 4.79 Å². The minimum absolute atomic E-state index is 0.0716. The molecule has 25 heavy (non-hydrogen) atoms. The van der Waals surface area contributed by atoms with Gasteiger partial charge in [-0.15, -0.1) is 11.3 Å². The number of methoxy groups -OCH3 is 1. The Kier molecular flexibility index (Phi) is 5.16. The van der Waals surface area contributed by atoms with Crippen LogP contribution in [0.15, 0.2) is 34.7 Å². The number of benzene rings is 1. The predicted molar refractivity (Wildman–Crippen MR) is 97.3 cm³/mol. The van der Waals surface area contributed by atoms with Crippen molar-refractivity contribution in [3.63, 3.8) is 0 Å². The van der Waals surface area contributed by atoms with Gasteiger partial charge in [0.05, 0.1) is 17.1 Å². The summed E-state index contributed by atoms with van der Waals surface area (Å²) in [4.78, 5) is 17.3. The SMILES string of the molecule is COc1cc(/C=C2\SC(=N)[C@H](c3nccs3)C2=O)ccc1OCC#N.